The lowest BCUT2D eigenvalue weighted by molar-refractivity contribution is -0.126. The normalized spacial score (nSPS) is 28.1. The lowest BCUT2D eigenvalue weighted by Crippen LogP contribution is -2.44. The summed E-state index contributed by atoms with van der Waals surface area (Å²) in [6.07, 6.45) is 0.945. The van der Waals surface area contributed by atoms with E-state index in [4.69, 9.17) is 0 Å². The Morgan fingerprint density at radius 1 is 0.852 bits per heavy atom. The number of hydrogen-bond acceptors (Lipinski definition) is 4. The molecule has 5 rings (SSSR count). The highest BCUT2D eigenvalue weighted by Crippen LogP contribution is 2.48. The lowest BCUT2D eigenvalue weighted by atomic mass is 9.90. The minimum absolute atomic E-state index is 0.177. The molecule has 3 heterocycles. The van der Waals surface area contributed by atoms with Gasteiger partial charge in [0.2, 0.25) is 5.91 Å². The van der Waals surface area contributed by atoms with Gasteiger partial charge in [0, 0.05) is 17.6 Å². The number of carbonyl (C=O) groups is 2. The largest absolute Gasteiger partial charge is 0.274 e. The second-order valence-corrected chi connectivity index (χ2v) is 8.05. The Morgan fingerprint density at radius 2 is 1.48 bits per heavy atom. The molecule has 0 aliphatic carbocycles. The van der Waals surface area contributed by atoms with E-state index in [1.165, 1.54) is 17.0 Å². The molecule has 0 spiro atoms. The number of hydrogen-bond donors (Lipinski definition) is 0. The Kier molecular flexibility index (Phi) is 3.93. The van der Waals surface area contributed by atoms with Crippen LogP contribution in [0.15, 0.2) is 53.0 Å². The number of rotatable bonds is 2. The predicted octanol–water partition coefficient (Wildman–Crippen LogP) is 3.12. The number of carbonyl (C=O) groups excluding carboxylic acids is 2. The van der Waals surface area contributed by atoms with Gasteiger partial charge in [0.1, 0.15) is 11.9 Å². The Morgan fingerprint density at radius 3 is 2.15 bits per heavy atom. The molecule has 0 unspecified atom stereocenters. The van der Waals surface area contributed by atoms with Gasteiger partial charge >= 0.3 is 0 Å². The number of amides is 2. The Bertz CT molecular complexity index is 918. The molecule has 3 aliphatic rings. The van der Waals surface area contributed by atoms with Crippen LogP contribution in [0.2, 0.25) is 0 Å². The van der Waals surface area contributed by atoms with E-state index in [2.05, 4.69) is 20.9 Å². The zero-order valence-corrected chi connectivity index (χ0v) is 16.0. The number of benzene rings is 2. The number of anilines is 1. The SMILES string of the molecule is O=C1[C@H]2[C@H](C(=O)N1c1ccc(Br)cc1)N1CCCN1[C@H]2c1ccc(F)cc1. The van der Waals surface area contributed by atoms with Crippen LogP contribution in [-0.2, 0) is 9.59 Å². The molecule has 138 valence electrons. The molecule has 0 saturated carbocycles. The molecule has 2 aromatic rings. The van der Waals surface area contributed by atoms with Crippen molar-refractivity contribution in [3.05, 3.63) is 64.4 Å². The Hall–Kier alpha value is -2.09. The van der Waals surface area contributed by atoms with E-state index in [9.17, 15) is 14.0 Å². The van der Waals surface area contributed by atoms with Crippen LogP contribution >= 0.6 is 15.9 Å². The third-order valence-electron chi connectivity index (χ3n) is 5.70. The second-order valence-electron chi connectivity index (χ2n) is 7.14. The maximum atomic E-state index is 13.4. The molecule has 2 amide bonds. The minimum Gasteiger partial charge on any atom is -0.274 e. The van der Waals surface area contributed by atoms with Crippen LogP contribution < -0.4 is 4.90 Å². The molecule has 7 heteroatoms. The summed E-state index contributed by atoms with van der Waals surface area (Å²) in [6.45, 7) is 1.56. The fraction of sp³-hybridized carbons (Fsp3) is 0.300. The van der Waals surface area contributed by atoms with Crippen LogP contribution in [0.25, 0.3) is 0 Å². The third-order valence-corrected chi connectivity index (χ3v) is 6.23. The summed E-state index contributed by atoms with van der Waals surface area (Å²) in [5.41, 5.74) is 1.46. The molecule has 0 aromatic heterocycles. The van der Waals surface area contributed by atoms with Gasteiger partial charge in [0.25, 0.3) is 5.91 Å². The first-order valence-corrected chi connectivity index (χ1v) is 9.77. The fourth-order valence-corrected chi connectivity index (χ4v) is 4.88. The maximum Gasteiger partial charge on any atom is 0.253 e. The highest BCUT2D eigenvalue weighted by molar-refractivity contribution is 9.10. The van der Waals surface area contributed by atoms with E-state index >= 15 is 0 Å². The van der Waals surface area contributed by atoms with Crippen LogP contribution in [0.4, 0.5) is 10.1 Å². The highest BCUT2D eigenvalue weighted by Gasteiger charge is 2.62. The van der Waals surface area contributed by atoms with Gasteiger partial charge in [-0.3, -0.25) is 9.59 Å². The molecular formula is C20H17BrFN3O2. The molecular weight excluding hydrogens is 413 g/mol. The average molecular weight is 430 g/mol. The topological polar surface area (TPSA) is 43.9 Å². The van der Waals surface area contributed by atoms with Gasteiger partial charge < -0.3 is 0 Å². The average Bonchev–Trinajstić information content (AvgIpc) is 3.30. The van der Waals surface area contributed by atoms with Crippen molar-refractivity contribution >= 4 is 33.4 Å². The van der Waals surface area contributed by atoms with E-state index in [1.807, 2.05) is 17.1 Å². The van der Waals surface area contributed by atoms with Crippen LogP contribution in [0.5, 0.6) is 0 Å². The van der Waals surface area contributed by atoms with Crippen LogP contribution in [0.1, 0.15) is 18.0 Å². The fourth-order valence-electron chi connectivity index (χ4n) is 4.62. The lowest BCUT2D eigenvalue weighted by Gasteiger charge is -2.29. The molecule has 3 atom stereocenters. The summed E-state index contributed by atoms with van der Waals surface area (Å²) in [7, 11) is 0. The highest BCUT2D eigenvalue weighted by atomic mass is 79.9. The van der Waals surface area contributed by atoms with Crippen LogP contribution in [-0.4, -0.2) is 41.0 Å². The van der Waals surface area contributed by atoms with Gasteiger partial charge in [-0.05, 0) is 48.4 Å². The third kappa shape index (κ3) is 2.49. The number of halogens is 2. The molecule has 3 aliphatic heterocycles. The van der Waals surface area contributed by atoms with Gasteiger partial charge in [0.15, 0.2) is 0 Å². The zero-order chi connectivity index (χ0) is 18.7. The first-order chi connectivity index (χ1) is 13.1. The van der Waals surface area contributed by atoms with E-state index in [0.717, 1.165) is 29.5 Å². The first-order valence-electron chi connectivity index (χ1n) is 8.98. The van der Waals surface area contributed by atoms with Crippen LogP contribution in [0, 0.1) is 11.7 Å². The van der Waals surface area contributed by atoms with Crippen molar-refractivity contribution in [1.29, 1.82) is 0 Å². The van der Waals surface area contributed by atoms with Crippen molar-refractivity contribution in [2.75, 3.05) is 18.0 Å². The van der Waals surface area contributed by atoms with Gasteiger partial charge in [-0.1, -0.05) is 28.1 Å². The van der Waals surface area contributed by atoms with Crippen molar-refractivity contribution < 1.29 is 14.0 Å². The molecule has 0 bridgehead atoms. The van der Waals surface area contributed by atoms with Gasteiger partial charge in [0.05, 0.1) is 17.6 Å². The summed E-state index contributed by atoms with van der Waals surface area (Å²) in [5.74, 6) is -1.15. The minimum atomic E-state index is -0.487. The van der Waals surface area contributed by atoms with Crippen molar-refractivity contribution in [2.24, 2.45) is 5.92 Å². The van der Waals surface area contributed by atoms with Crippen molar-refractivity contribution in [2.45, 2.75) is 18.5 Å². The molecule has 3 fully saturated rings. The summed E-state index contributed by atoms with van der Waals surface area (Å²) >= 11 is 3.38. The van der Waals surface area contributed by atoms with Crippen molar-refractivity contribution in [3.8, 4) is 0 Å². The summed E-state index contributed by atoms with van der Waals surface area (Å²) in [4.78, 5) is 27.9. The van der Waals surface area contributed by atoms with Crippen molar-refractivity contribution in [3.63, 3.8) is 0 Å². The molecule has 0 radical (unpaired) electrons. The molecule has 0 N–H and O–H groups in total. The number of fused-ring (bicyclic) bond motifs is 3. The van der Waals surface area contributed by atoms with Crippen molar-refractivity contribution in [1.82, 2.24) is 10.0 Å². The molecule has 3 saturated heterocycles. The standard InChI is InChI=1S/C20H17BrFN3O2/c21-13-4-8-15(9-5-13)25-19(26)16-17(12-2-6-14(22)7-3-12)23-10-1-11-24(23)18(16)20(25)27/h2-9,16-18H,1,10-11H2/t16-,17+,18-/m1/s1. The second kappa shape index (κ2) is 6.22. The Balaban J connectivity index is 1.57. The number of imide groups is 1. The monoisotopic (exact) mass is 429 g/mol. The van der Waals surface area contributed by atoms with E-state index in [0.29, 0.717) is 5.69 Å². The molecule has 5 nitrogen and oxygen atoms in total. The Labute approximate surface area is 164 Å². The first kappa shape index (κ1) is 17.0. The van der Waals surface area contributed by atoms with E-state index < -0.39 is 12.0 Å². The number of hydrazine groups is 1. The zero-order valence-electron chi connectivity index (χ0n) is 14.4. The maximum absolute atomic E-state index is 13.4. The van der Waals surface area contributed by atoms with Gasteiger partial charge in [-0.25, -0.2) is 19.3 Å². The predicted molar refractivity (Wildman–Crippen MR) is 101 cm³/mol. The van der Waals surface area contributed by atoms with Gasteiger partial charge in [-0.2, -0.15) is 0 Å². The number of nitrogens with zero attached hydrogens (tertiary/aromatic N) is 3. The smallest absolute Gasteiger partial charge is 0.253 e. The summed E-state index contributed by atoms with van der Waals surface area (Å²) < 4.78 is 14.3. The summed E-state index contributed by atoms with van der Waals surface area (Å²) in [5, 5.41) is 4.16. The molecule has 27 heavy (non-hydrogen) atoms. The molecule has 2 aromatic carbocycles. The van der Waals surface area contributed by atoms with Crippen LogP contribution in [0.3, 0.4) is 0 Å². The van der Waals surface area contributed by atoms with Gasteiger partial charge in [-0.15, -0.1) is 0 Å². The van der Waals surface area contributed by atoms with E-state index in [-0.39, 0.29) is 23.7 Å². The van der Waals surface area contributed by atoms with E-state index in [1.54, 1.807) is 24.3 Å². The quantitative estimate of drug-likeness (QED) is 0.687. The summed E-state index contributed by atoms with van der Waals surface area (Å²) in [6, 6.07) is 12.7.